The van der Waals surface area contributed by atoms with Gasteiger partial charge in [-0.2, -0.15) is 0 Å². The van der Waals surface area contributed by atoms with E-state index in [1.165, 1.54) is 37.7 Å². The highest BCUT2D eigenvalue weighted by molar-refractivity contribution is 5.25. The average Bonchev–Trinajstić information content (AvgIpc) is 2.33. The van der Waals surface area contributed by atoms with Gasteiger partial charge in [-0.05, 0) is 36.0 Å². The Hall–Kier alpha value is -0.980. The molecule has 1 aromatic rings. The molecule has 1 aliphatic carbocycles. The van der Waals surface area contributed by atoms with Crippen LogP contribution in [0.5, 0.6) is 5.75 Å². The second-order valence-corrected chi connectivity index (χ2v) is 6.01. The summed E-state index contributed by atoms with van der Waals surface area (Å²) in [4.78, 5) is 0. The Kier molecular flexibility index (Phi) is 6.85. The molecule has 1 fully saturated rings. The van der Waals surface area contributed by atoms with Crippen molar-refractivity contribution in [1.82, 2.24) is 0 Å². The summed E-state index contributed by atoms with van der Waals surface area (Å²) in [6, 6.07) is 7.40. The number of rotatable bonds is 2. The highest BCUT2D eigenvalue weighted by Crippen LogP contribution is 2.22. The van der Waals surface area contributed by atoms with Gasteiger partial charge < -0.3 is 5.11 Å². The van der Waals surface area contributed by atoms with E-state index in [1.807, 2.05) is 12.1 Å². The largest absolute Gasteiger partial charge is 0.508 e. The number of phenolic OH excluding ortho intramolecular Hbond substituents is 1. The lowest BCUT2D eigenvalue weighted by atomic mass is 9.91. The first-order valence-electron chi connectivity index (χ1n) is 7.36. The SMILES string of the molecule is CC(C)Cc1ccc(O)cc1.CC1CCCCC1. The molecule has 0 amide bonds. The van der Waals surface area contributed by atoms with Crippen molar-refractivity contribution in [2.24, 2.45) is 11.8 Å². The molecule has 0 atom stereocenters. The third-order valence-electron chi connectivity index (χ3n) is 3.47. The van der Waals surface area contributed by atoms with Crippen LogP contribution >= 0.6 is 0 Å². The van der Waals surface area contributed by atoms with Gasteiger partial charge in [0.25, 0.3) is 0 Å². The molecule has 0 heterocycles. The van der Waals surface area contributed by atoms with Gasteiger partial charge >= 0.3 is 0 Å². The van der Waals surface area contributed by atoms with Crippen molar-refractivity contribution < 1.29 is 5.11 Å². The Bertz CT molecular complexity index is 307. The maximum atomic E-state index is 8.99. The molecule has 1 heteroatoms. The maximum Gasteiger partial charge on any atom is 0.115 e. The molecular weight excluding hydrogens is 220 g/mol. The minimum absolute atomic E-state index is 0.345. The first-order valence-corrected chi connectivity index (χ1v) is 7.36. The summed E-state index contributed by atoms with van der Waals surface area (Å²) in [5, 5.41) is 8.99. The summed E-state index contributed by atoms with van der Waals surface area (Å²) in [5.74, 6) is 2.06. The fourth-order valence-electron chi connectivity index (χ4n) is 2.41. The van der Waals surface area contributed by atoms with E-state index < -0.39 is 0 Å². The molecule has 1 N–H and O–H groups in total. The van der Waals surface area contributed by atoms with Crippen LogP contribution in [0.2, 0.25) is 0 Å². The Balaban J connectivity index is 0.000000199. The van der Waals surface area contributed by atoms with Gasteiger partial charge in [-0.15, -0.1) is 0 Å². The molecule has 18 heavy (non-hydrogen) atoms. The van der Waals surface area contributed by atoms with Gasteiger partial charge in [0.1, 0.15) is 5.75 Å². The van der Waals surface area contributed by atoms with E-state index in [-0.39, 0.29) is 0 Å². The van der Waals surface area contributed by atoms with Crippen LogP contribution in [0, 0.1) is 11.8 Å². The van der Waals surface area contributed by atoms with Gasteiger partial charge in [-0.3, -0.25) is 0 Å². The fraction of sp³-hybridized carbons (Fsp3) is 0.647. The number of hydrogen-bond acceptors (Lipinski definition) is 1. The highest BCUT2D eigenvalue weighted by atomic mass is 16.3. The Morgan fingerprint density at radius 3 is 2.00 bits per heavy atom. The molecule has 0 aromatic heterocycles. The summed E-state index contributed by atoms with van der Waals surface area (Å²) in [6.45, 7) is 6.73. The molecule has 0 radical (unpaired) electrons. The van der Waals surface area contributed by atoms with Crippen LogP contribution in [0.4, 0.5) is 0 Å². The van der Waals surface area contributed by atoms with E-state index in [9.17, 15) is 0 Å². The normalized spacial score (nSPS) is 16.2. The lowest BCUT2D eigenvalue weighted by Crippen LogP contribution is -1.99. The highest BCUT2D eigenvalue weighted by Gasteiger charge is 2.05. The molecule has 0 unspecified atom stereocenters. The third kappa shape index (κ3) is 6.68. The van der Waals surface area contributed by atoms with Crippen LogP contribution in [0.25, 0.3) is 0 Å². The zero-order chi connectivity index (χ0) is 13.4. The molecule has 1 aliphatic rings. The molecule has 102 valence electrons. The van der Waals surface area contributed by atoms with Crippen molar-refractivity contribution in [2.75, 3.05) is 0 Å². The van der Waals surface area contributed by atoms with Crippen LogP contribution in [0.15, 0.2) is 24.3 Å². The summed E-state index contributed by atoms with van der Waals surface area (Å²) in [7, 11) is 0. The van der Waals surface area contributed by atoms with Crippen molar-refractivity contribution >= 4 is 0 Å². The van der Waals surface area contributed by atoms with E-state index in [0.29, 0.717) is 11.7 Å². The Morgan fingerprint density at radius 2 is 1.61 bits per heavy atom. The molecule has 0 bridgehead atoms. The first kappa shape index (κ1) is 15.1. The van der Waals surface area contributed by atoms with Crippen LogP contribution in [-0.4, -0.2) is 5.11 Å². The number of hydrogen-bond donors (Lipinski definition) is 1. The standard InChI is InChI=1S/C10H14O.C7H14/c1-8(2)7-9-3-5-10(11)6-4-9;1-7-5-3-2-4-6-7/h3-6,8,11H,7H2,1-2H3;7H,2-6H2,1H3. The second-order valence-electron chi connectivity index (χ2n) is 6.01. The quantitative estimate of drug-likeness (QED) is 0.764. The topological polar surface area (TPSA) is 20.2 Å². The predicted octanol–water partition coefficient (Wildman–Crippen LogP) is 5.18. The Labute approximate surface area is 112 Å². The van der Waals surface area contributed by atoms with Crippen molar-refractivity contribution in [3.8, 4) is 5.75 Å². The van der Waals surface area contributed by atoms with Gasteiger partial charge in [0, 0.05) is 0 Å². The lowest BCUT2D eigenvalue weighted by Gasteiger charge is -2.15. The van der Waals surface area contributed by atoms with Gasteiger partial charge in [-0.1, -0.05) is 65.0 Å². The molecule has 0 aliphatic heterocycles. The smallest absolute Gasteiger partial charge is 0.115 e. The van der Waals surface area contributed by atoms with Gasteiger partial charge in [0.05, 0.1) is 0 Å². The van der Waals surface area contributed by atoms with Crippen LogP contribution in [0.3, 0.4) is 0 Å². The van der Waals surface area contributed by atoms with Crippen molar-refractivity contribution in [2.45, 2.75) is 59.3 Å². The van der Waals surface area contributed by atoms with Crippen molar-refractivity contribution in [3.63, 3.8) is 0 Å². The van der Waals surface area contributed by atoms with Gasteiger partial charge in [-0.25, -0.2) is 0 Å². The van der Waals surface area contributed by atoms with Crippen molar-refractivity contribution in [3.05, 3.63) is 29.8 Å². The van der Waals surface area contributed by atoms with Crippen LogP contribution in [0.1, 0.15) is 58.4 Å². The van der Waals surface area contributed by atoms with E-state index in [1.54, 1.807) is 12.1 Å². The Morgan fingerprint density at radius 1 is 1.06 bits per heavy atom. The van der Waals surface area contributed by atoms with Gasteiger partial charge in [0.2, 0.25) is 0 Å². The molecular formula is C17H28O. The van der Waals surface area contributed by atoms with Gasteiger partial charge in [0.15, 0.2) is 0 Å². The first-order chi connectivity index (χ1) is 8.58. The number of aromatic hydroxyl groups is 1. The average molecular weight is 248 g/mol. The van der Waals surface area contributed by atoms with E-state index in [4.69, 9.17) is 5.11 Å². The maximum absolute atomic E-state index is 8.99. The minimum atomic E-state index is 0.345. The molecule has 1 nitrogen and oxygen atoms in total. The third-order valence-corrected chi connectivity index (χ3v) is 3.47. The van der Waals surface area contributed by atoms with Crippen LogP contribution in [-0.2, 0) is 6.42 Å². The lowest BCUT2D eigenvalue weighted by molar-refractivity contribution is 0.385. The number of phenols is 1. The zero-order valence-electron chi connectivity index (χ0n) is 12.2. The predicted molar refractivity (Wildman–Crippen MR) is 78.9 cm³/mol. The second kappa shape index (κ2) is 8.18. The molecule has 1 saturated carbocycles. The molecule has 0 spiro atoms. The summed E-state index contributed by atoms with van der Waals surface area (Å²) in [6.07, 6.45) is 8.52. The fourth-order valence-corrected chi connectivity index (χ4v) is 2.41. The minimum Gasteiger partial charge on any atom is -0.508 e. The molecule has 2 rings (SSSR count). The molecule has 0 saturated heterocycles. The van der Waals surface area contributed by atoms with Crippen molar-refractivity contribution in [1.29, 1.82) is 0 Å². The van der Waals surface area contributed by atoms with E-state index >= 15 is 0 Å². The van der Waals surface area contributed by atoms with E-state index in [0.717, 1.165) is 12.3 Å². The van der Waals surface area contributed by atoms with Crippen LogP contribution < -0.4 is 0 Å². The van der Waals surface area contributed by atoms with E-state index in [2.05, 4.69) is 20.8 Å². The summed E-state index contributed by atoms with van der Waals surface area (Å²) >= 11 is 0. The molecule has 1 aromatic carbocycles. The summed E-state index contributed by atoms with van der Waals surface area (Å²) < 4.78 is 0. The zero-order valence-corrected chi connectivity index (χ0v) is 12.2. The number of benzene rings is 1. The monoisotopic (exact) mass is 248 g/mol. The summed E-state index contributed by atoms with van der Waals surface area (Å²) in [5.41, 5.74) is 1.29.